The zero-order chi connectivity index (χ0) is 32.2. The van der Waals surface area contributed by atoms with E-state index >= 15 is 0 Å². The van der Waals surface area contributed by atoms with Gasteiger partial charge in [0.25, 0.3) is 0 Å². The van der Waals surface area contributed by atoms with Gasteiger partial charge >= 0.3 is 5.97 Å². The molecular weight excluding hydrogens is 572 g/mol. The molecule has 242 valence electrons. The molecule has 9 nitrogen and oxygen atoms in total. The van der Waals surface area contributed by atoms with Crippen LogP contribution in [0, 0.1) is 0 Å². The van der Waals surface area contributed by atoms with Gasteiger partial charge in [-0.25, -0.2) is 0 Å². The third-order valence-electron chi connectivity index (χ3n) is 8.44. The summed E-state index contributed by atoms with van der Waals surface area (Å²) in [5.41, 5.74) is 4.53. The van der Waals surface area contributed by atoms with Crippen molar-refractivity contribution in [2.75, 3.05) is 13.6 Å². The molecule has 0 unspecified atom stereocenters. The molecule has 5 atom stereocenters. The van der Waals surface area contributed by atoms with Crippen LogP contribution in [0.3, 0.4) is 0 Å². The van der Waals surface area contributed by atoms with Crippen LogP contribution in [-0.4, -0.2) is 57.8 Å². The standard InChI is InChI=1S/C36H46N2O7/c1-25(35(43)29-9-5-3-6-10-29)38(2)23-31-21-32(28-17-15-27(24-39)16-18-28)45-36(44-31)30-19-13-26(14-20-30)22-37-33(40)11-7-4-8-12-34(41)42/h3,5-6,9-10,13-20,25,31-32,35-36,39,43H,4,7-8,11-12,21-24H2,1-2H3,(H,37,40)(H,41,42)/t25-,31-,32+,35-,36+/m1/s1. The number of amides is 1. The van der Waals surface area contributed by atoms with E-state index in [1.165, 1.54) is 0 Å². The molecule has 1 aliphatic heterocycles. The number of carbonyl (C=O) groups is 2. The van der Waals surface area contributed by atoms with Gasteiger partial charge in [-0.1, -0.05) is 85.3 Å². The molecular formula is C36H46N2O7. The Hall–Kier alpha value is -3.60. The van der Waals surface area contributed by atoms with Gasteiger partial charge in [0.05, 0.1) is 24.9 Å². The number of aliphatic hydroxyl groups is 2. The van der Waals surface area contributed by atoms with Gasteiger partial charge in [-0.15, -0.1) is 0 Å². The first kappa shape index (κ1) is 34.3. The maximum atomic E-state index is 12.2. The fraction of sp³-hybridized carbons (Fsp3) is 0.444. The Morgan fingerprint density at radius 2 is 1.53 bits per heavy atom. The van der Waals surface area contributed by atoms with E-state index < -0.39 is 18.4 Å². The number of nitrogens with one attached hydrogen (secondary N) is 1. The topological polar surface area (TPSA) is 129 Å². The first-order valence-electron chi connectivity index (χ1n) is 15.7. The second kappa shape index (κ2) is 17.2. The van der Waals surface area contributed by atoms with E-state index in [1.54, 1.807) is 0 Å². The normalized spacial score (nSPS) is 19.6. The van der Waals surface area contributed by atoms with Crippen LogP contribution in [0.2, 0.25) is 0 Å². The maximum absolute atomic E-state index is 12.2. The number of hydrogen-bond acceptors (Lipinski definition) is 7. The fourth-order valence-electron chi connectivity index (χ4n) is 5.51. The molecule has 0 aliphatic carbocycles. The number of likely N-dealkylation sites (N-methyl/N-ethyl adjacent to an activating group) is 1. The molecule has 45 heavy (non-hydrogen) atoms. The maximum Gasteiger partial charge on any atom is 0.303 e. The number of aliphatic carboxylic acids is 1. The average Bonchev–Trinajstić information content (AvgIpc) is 3.06. The minimum atomic E-state index is -0.810. The first-order valence-corrected chi connectivity index (χ1v) is 15.7. The average molecular weight is 619 g/mol. The van der Waals surface area contributed by atoms with Crippen molar-refractivity contribution in [3.8, 4) is 0 Å². The molecule has 1 fully saturated rings. The van der Waals surface area contributed by atoms with Crippen LogP contribution < -0.4 is 5.32 Å². The number of unbranched alkanes of at least 4 members (excludes halogenated alkanes) is 2. The van der Waals surface area contributed by atoms with Crippen LogP contribution in [0.25, 0.3) is 0 Å². The number of hydrogen-bond donors (Lipinski definition) is 4. The minimum Gasteiger partial charge on any atom is -0.481 e. The van der Waals surface area contributed by atoms with E-state index in [2.05, 4.69) is 10.2 Å². The van der Waals surface area contributed by atoms with Crippen molar-refractivity contribution in [3.05, 3.63) is 107 Å². The highest BCUT2D eigenvalue weighted by atomic mass is 16.7. The molecule has 0 spiro atoms. The number of ether oxygens (including phenoxy) is 2. The molecule has 0 bridgehead atoms. The third-order valence-corrected chi connectivity index (χ3v) is 8.44. The Bertz CT molecular complexity index is 1330. The lowest BCUT2D eigenvalue weighted by atomic mass is 9.98. The van der Waals surface area contributed by atoms with Crippen molar-refractivity contribution in [2.45, 2.75) is 89.2 Å². The number of aliphatic hydroxyl groups excluding tert-OH is 2. The molecule has 0 saturated carbocycles. The Morgan fingerprint density at radius 3 is 2.20 bits per heavy atom. The van der Waals surface area contributed by atoms with Crippen molar-refractivity contribution in [1.82, 2.24) is 10.2 Å². The van der Waals surface area contributed by atoms with E-state index in [0.717, 1.165) is 27.8 Å². The van der Waals surface area contributed by atoms with Gasteiger partial charge in [-0.3, -0.25) is 14.5 Å². The molecule has 4 N–H and O–H groups in total. The van der Waals surface area contributed by atoms with Crippen molar-refractivity contribution in [3.63, 3.8) is 0 Å². The predicted octanol–water partition coefficient (Wildman–Crippen LogP) is 5.43. The number of carboxylic acid groups (broad SMARTS) is 1. The largest absolute Gasteiger partial charge is 0.481 e. The summed E-state index contributed by atoms with van der Waals surface area (Å²) in [5.74, 6) is -0.864. The Labute approximate surface area is 265 Å². The Morgan fingerprint density at radius 1 is 0.889 bits per heavy atom. The van der Waals surface area contributed by atoms with E-state index in [-0.39, 0.29) is 37.2 Å². The molecule has 3 aromatic rings. The van der Waals surface area contributed by atoms with E-state index in [1.807, 2.05) is 92.8 Å². The molecule has 4 rings (SSSR count). The highest BCUT2D eigenvalue weighted by molar-refractivity contribution is 5.75. The van der Waals surface area contributed by atoms with Crippen LogP contribution in [-0.2, 0) is 32.2 Å². The van der Waals surface area contributed by atoms with Crippen LogP contribution >= 0.6 is 0 Å². The monoisotopic (exact) mass is 618 g/mol. The summed E-state index contributed by atoms with van der Waals surface area (Å²) in [6, 6.07) is 25.1. The van der Waals surface area contributed by atoms with Crippen LogP contribution in [0.15, 0.2) is 78.9 Å². The van der Waals surface area contributed by atoms with Crippen LogP contribution in [0.1, 0.15) is 91.8 Å². The molecule has 0 radical (unpaired) electrons. The van der Waals surface area contributed by atoms with E-state index in [4.69, 9.17) is 14.6 Å². The van der Waals surface area contributed by atoms with Crippen molar-refractivity contribution >= 4 is 11.9 Å². The molecule has 9 heteroatoms. The molecule has 0 aromatic heterocycles. The second-order valence-corrected chi connectivity index (χ2v) is 11.9. The molecule has 1 amide bonds. The SMILES string of the molecule is C[C@H]([C@@H](O)c1ccccc1)N(C)C[C@H]1C[C@@H](c2ccc(CO)cc2)O[C@@H](c2ccc(CNC(=O)CCCCCC(=O)O)cc2)O1. The molecule has 3 aromatic carbocycles. The highest BCUT2D eigenvalue weighted by Crippen LogP contribution is 2.38. The van der Waals surface area contributed by atoms with Gasteiger partial charge in [0.2, 0.25) is 5.91 Å². The Balaban J connectivity index is 1.39. The minimum absolute atomic E-state index is 0.0216. The van der Waals surface area contributed by atoms with Gasteiger partial charge in [0.15, 0.2) is 6.29 Å². The van der Waals surface area contributed by atoms with Gasteiger partial charge in [0, 0.05) is 44.0 Å². The summed E-state index contributed by atoms with van der Waals surface area (Å²) in [7, 11) is 1.99. The number of carbonyl (C=O) groups excluding carboxylic acids is 1. The quantitative estimate of drug-likeness (QED) is 0.157. The smallest absolute Gasteiger partial charge is 0.303 e. The van der Waals surface area contributed by atoms with Gasteiger partial charge in [-0.05, 0) is 49.1 Å². The lowest BCUT2D eigenvalue weighted by molar-refractivity contribution is -0.253. The van der Waals surface area contributed by atoms with Gasteiger partial charge < -0.3 is 30.1 Å². The van der Waals surface area contributed by atoms with Crippen LogP contribution in [0.4, 0.5) is 0 Å². The third kappa shape index (κ3) is 10.5. The number of rotatable bonds is 16. The van der Waals surface area contributed by atoms with Gasteiger partial charge in [-0.2, -0.15) is 0 Å². The zero-order valence-corrected chi connectivity index (χ0v) is 26.2. The summed E-state index contributed by atoms with van der Waals surface area (Å²) in [4.78, 5) is 25.0. The molecule has 1 saturated heterocycles. The summed E-state index contributed by atoms with van der Waals surface area (Å²) < 4.78 is 13.0. The number of carboxylic acids is 1. The van der Waals surface area contributed by atoms with Crippen molar-refractivity contribution in [2.24, 2.45) is 0 Å². The second-order valence-electron chi connectivity index (χ2n) is 11.9. The number of nitrogens with zero attached hydrogens (tertiary/aromatic N) is 1. The van der Waals surface area contributed by atoms with E-state index in [9.17, 15) is 19.8 Å². The van der Waals surface area contributed by atoms with Gasteiger partial charge in [0.1, 0.15) is 0 Å². The highest BCUT2D eigenvalue weighted by Gasteiger charge is 2.34. The van der Waals surface area contributed by atoms with Crippen LogP contribution in [0.5, 0.6) is 0 Å². The summed E-state index contributed by atoms with van der Waals surface area (Å²) in [6.07, 6.45) is 1.46. The van der Waals surface area contributed by atoms with Crippen molar-refractivity contribution < 1.29 is 34.4 Å². The molecule has 1 heterocycles. The number of benzene rings is 3. The predicted molar refractivity (Wildman–Crippen MR) is 171 cm³/mol. The lowest BCUT2D eigenvalue weighted by Gasteiger charge is -2.39. The summed E-state index contributed by atoms with van der Waals surface area (Å²) >= 11 is 0. The first-order chi connectivity index (χ1) is 21.7. The zero-order valence-electron chi connectivity index (χ0n) is 26.2. The summed E-state index contributed by atoms with van der Waals surface area (Å²) in [5, 5.41) is 32.2. The Kier molecular flexibility index (Phi) is 13.1. The van der Waals surface area contributed by atoms with Crippen molar-refractivity contribution in [1.29, 1.82) is 0 Å². The summed E-state index contributed by atoms with van der Waals surface area (Å²) in [6.45, 7) is 2.98. The fourth-order valence-corrected chi connectivity index (χ4v) is 5.51. The molecule has 1 aliphatic rings. The van der Waals surface area contributed by atoms with E-state index in [0.29, 0.717) is 45.2 Å². The lowest BCUT2D eigenvalue weighted by Crippen LogP contribution is -2.43.